The van der Waals surface area contributed by atoms with Crippen molar-refractivity contribution in [3.05, 3.63) is 59.4 Å². The fraction of sp³-hybridized carbons (Fsp3) is 0.458. The number of carbonyl (C=O) groups excluding carboxylic acids is 3. The third-order valence-electron chi connectivity index (χ3n) is 5.50. The molecule has 0 saturated carbocycles. The fourth-order valence-corrected chi connectivity index (χ4v) is 3.84. The Balaban J connectivity index is 1.82. The number of carbonyl (C=O) groups is 3. The van der Waals surface area contributed by atoms with Gasteiger partial charge in [0.05, 0.1) is 12.6 Å². The summed E-state index contributed by atoms with van der Waals surface area (Å²) in [6, 6.07) is 10.6. The highest BCUT2D eigenvalue weighted by Gasteiger charge is 2.27. The molecule has 2 atom stereocenters. The van der Waals surface area contributed by atoms with E-state index in [9.17, 15) is 14.4 Å². The molecule has 8 heteroatoms. The molecule has 3 rings (SSSR count). The van der Waals surface area contributed by atoms with E-state index in [4.69, 9.17) is 0 Å². The second kappa shape index (κ2) is 10.9. The van der Waals surface area contributed by atoms with Crippen molar-refractivity contribution in [2.75, 3.05) is 13.6 Å². The second-order valence-corrected chi connectivity index (χ2v) is 8.82. The average Bonchev–Trinajstić information content (AvgIpc) is 3.21. The summed E-state index contributed by atoms with van der Waals surface area (Å²) in [5.74, 6) is -0.515. The summed E-state index contributed by atoms with van der Waals surface area (Å²) < 4.78 is 0. The molecule has 2 bridgehead atoms. The number of amides is 3. The number of nitrogens with one attached hydrogen (secondary N) is 4. The standard InChI is InChI=1S/C24H33N5O3/c1-16(2)9-20-23(31)27-13-18-10-19(25-12-18)14-26-21(11-17-7-5-4-6-8-17)24(32)29(3)15-22(30)28-20/h4-8,10,12,16,20-21,25-26H,9,11,13-15H2,1-3H3,(H,27,31)(H,28,30)/t20-,21-/m0/s1. The first kappa shape index (κ1) is 23.5. The minimum atomic E-state index is -0.646. The molecule has 3 amide bonds. The number of H-pyrrole nitrogens is 1. The molecule has 2 aromatic rings. The molecule has 0 unspecified atom stereocenters. The first-order chi connectivity index (χ1) is 15.3. The van der Waals surface area contributed by atoms with E-state index in [1.54, 1.807) is 7.05 Å². The first-order valence-electron chi connectivity index (χ1n) is 11.1. The van der Waals surface area contributed by atoms with Crippen LogP contribution in [0, 0.1) is 5.92 Å². The molecule has 32 heavy (non-hydrogen) atoms. The van der Waals surface area contributed by atoms with Gasteiger partial charge in [0, 0.05) is 32.0 Å². The predicted octanol–water partition coefficient (Wildman–Crippen LogP) is 1.33. The maximum absolute atomic E-state index is 13.2. The Kier molecular flexibility index (Phi) is 8.05. The van der Waals surface area contributed by atoms with Crippen LogP contribution >= 0.6 is 0 Å². The Morgan fingerprint density at radius 1 is 1.06 bits per heavy atom. The molecular weight excluding hydrogens is 406 g/mol. The van der Waals surface area contributed by atoms with E-state index in [-0.39, 0.29) is 30.2 Å². The highest BCUT2D eigenvalue weighted by atomic mass is 16.2. The Morgan fingerprint density at radius 3 is 2.53 bits per heavy atom. The molecule has 0 spiro atoms. The van der Waals surface area contributed by atoms with Crippen molar-refractivity contribution in [1.82, 2.24) is 25.8 Å². The van der Waals surface area contributed by atoms with Gasteiger partial charge in [0.15, 0.2) is 0 Å². The Hall–Kier alpha value is -3.13. The van der Waals surface area contributed by atoms with Gasteiger partial charge in [-0.2, -0.15) is 0 Å². The molecule has 8 nitrogen and oxygen atoms in total. The number of hydrogen-bond donors (Lipinski definition) is 4. The lowest BCUT2D eigenvalue weighted by molar-refractivity contribution is -0.137. The lowest BCUT2D eigenvalue weighted by Crippen LogP contribution is -2.52. The van der Waals surface area contributed by atoms with Crippen LogP contribution in [0.4, 0.5) is 0 Å². The van der Waals surface area contributed by atoms with Gasteiger partial charge in [-0.1, -0.05) is 44.2 Å². The van der Waals surface area contributed by atoms with Crippen molar-refractivity contribution < 1.29 is 14.4 Å². The molecule has 172 valence electrons. The Morgan fingerprint density at radius 2 is 1.81 bits per heavy atom. The highest BCUT2D eigenvalue weighted by molar-refractivity contribution is 5.91. The number of rotatable bonds is 4. The zero-order valence-corrected chi connectivity index (χ0v) is 19.0. The van der Waals surface area contributed by atoms with Crippen LogP contribution < -0.4 is 16.0 Å². The van der Waals surface area contributed by atoms with Gasteiger partial charge in [-0.3, -0.25) is 19.7 Å². The third kappa shape index (κ3) is 6.68. The van der Waals surface area contributed by atoms with E-state index in [0.717, 1.165) is 16.8 Å². The van der Waals surface area contributed by atoms with Crippen LogP contribution in [0.3, 0.4) is 0 Å². The van der Waals surface area contributed by atoms with Crippen LogP contribution in [0.25, 0.3) is 0 Å². The Labute approximate surface area is 189 Å². The summed E-state index contributed by atoms with van der Waals surface area (Å²) in [5.41, 5.74) is 2.89. The molecular formula is C24H33N5O3. The number of aromatic amines is 1. The van der Waals surface area contributed by atoms with Crippen molar-refractivity contribution >= 4 is 17.7 Å². The van der Waals surface area contributed by atoms with Crippen molar-refractivity contribution in [2.24, 2.45) is 5.92 Å². The second-order valence-electron chi connectivity index (χ2n) is 8.82. The molecule has 0 radical (unpaired) electrons. The number of fused-ring (bicyclic) bond motifs is 2. The first-order valence-corrected chi connectivity index (χ1v) is 11.1. The molecule has 1 aliphatic rings. The minimum absolute atomic E-state index is 0.111. The highest BCUT2D eigenvalue weighted by Crippen LogP contribution is 2.10. The van der Waals surface area contributed by atoms with Gasteiger partial charge in [-0.05, 0) is 36.0 Å². The summed E-state index contributed by atoms with van der Waals surface area (Å²) in [7, 11) is 1.62. The van der Waals surface area contributed by atoms with Crippen molar-refractivity contribution in [3.8, 4) is 0 Å². The zero-order chi connectivity index (χ0) is 23.1. The smallest absolute Gasteiger partial charge is 0.242 e. The van der Waals surface area contributed by atoms with Crippen LogP contribution in [-0.2, 0) is 33.9 Å². The van der Waals surface area contributed by atoms with Crippen molar-refractivity contribution in [1.29, 1.82) is 0 Å². The quantitative estimate of drug-likeness (QED) is 0.577. The minimum Gasteiger partial charge on any atom is -0.364 e. The molecule has 0 fully saturated rings. The van der Waals surface area contributed by atoms with E-state index < -0.39 is 12.1 Å². The van der Waals surface area contributed by atoms with Gasteiger partial charge in [0.2, 0.25) is 17.7 Å². The summed E-state index contributed by atoms with van der Waals surface area (Å²) in [6.07, 6.45) is 2.88. The maximum Gasteiger partial charge on any atom is 0.242 e. The van der Waals surface area contributed by atoms with Gasteiger partial charge in [-0.15, -0.1) is 0 Å². The summed E-state index contributed by atoms with van der Waals surface area (Å²) in [5, 5.41) is 9.05. The SMILES string of the molecule is CC(C)C[C@@H]1NC(=O)CN(C)C(=O)[C@H](Cc2ccccc2)NCc2cc(c[nH]2)CNC1=O. The summed E-state index contributed by atoms with van der Waals surface area (Å²) >= 11 is 0. The molecule has 1 aromatic carbocycles. The molecule has 0 aliphatic carbocycles. The monoisotopic (exact) mass is 439 g/mol. The molecule has 1 aliphatic heterocycles. The van der Waals surface area contributed by atoms with Gasteiger partial charge in [0.25, 0.3) is 0 Å². The molecule has 4 N–H and O–H groups in total. The van der Waals surface area contributed by atoms with E-state index in [1.807, 2.05) is 56.4 Å². The third-order valence-corrected chi connectivity index (χ3v) is 5.50. The van der Waals surface area contributed by atoms with Gasteiger partial charge < -0.3 is 20.5 Å². The van der Waals surface area contributed by atoms with Crippen LogP contribution in [0.1, 0.15) is 37.1 Å². The topological polar surface area (TPSA) is 106 Å². The summed E-state index contributed by atoms with van der Waals surface area (Å²) in [6.45, 7) is 4.73. The zero-order valence-electron chi connectivity index (χ0n) is 19.0. The predicted molar refractivity (Wildman–Crippen MR) is 122 cm³/mol. The number of nitrogens with zero attached hydrogens (tertiary/aromatic N) is 1. The van der Waals surface area contributed by atoms with E-state index in [1.165, 1.54) is 4.90 Å². The molecule has 2 heterocycles. The largest absolute Gasteiger partial charge is 0.364 e. The molecule has 0 saturated heterocycles. The lowest BCUT2D eigenvalue weighted by atomic mass is 10.0. The maximum atomic E-state index is 13.2. The van der Waals surface area contributed by atoms with E-state index >= 15 is 0 Å². The van der Waals surface area contributed by atoms with Gasteiger partial charge in [-0.25, -0.2) is 0 Å². The van der Waals surface area contributed by atoms with Crippen molar-refractivity contribution in [3.63, 3.8) is 0 Å². The van der Waals surface area contributed by atoms with Crippen LogP contribution in [-0.4, -0.2) is 53.3 Å². The number of hydrogen-bond acceptors (Lipinski definition) is 4. The van der Waals surface area contributed by atoms with Crippen LogP contribution in [0.2, 0.25) is 0 Å². The normalized spacial score (nSPS) is 21.0. The summed E-state index contributed by atoms with van der Waals surface area (Å²) in [4.78, 5) is 43.2. The van der Waals surface area contributed by atoms with Crippen LogP contribution in [0.5, 0.6) is 0 Å². The fourth-order valence-electron chi connectivity index (χ4n) is 3.84. The average molecular weight is 440 g/mol. The van der Waals surface area contributed by atoms with Crippen molar-refractivity contribution in [2.45, 2.75) is 51.9 Å². The van der Waals surface area contributed by atoms with E-state index in [2.05, 4.69) is 20.9 Å². The number of benzene rings is 1. The van der Waals surface area contributed by atoms with Gasteiger partial charge in [0.1, 0.15) is 6.04 Å². The van der Waals surface area contributed by atoms with Crippen LogP contribution in [0.15, 0.2) is 42.6 Å². The Bertz CT molecular complexity index is 925. The number of aromatic nitrogens is 1. The lowest BCUT2D eigenvalue weighted by Gasteiger charge is -2.26. The number of likely N-dealkylation sites (N-methyl/N-ethyl adjacent to an activating group) is 1. The van der Waals surface area contributed by atoms with Gasteiger partial charge >= 0.3 is 0 Å². The molecule has 1 aromatic heterocycles. The van der Waals surface area contributed by atoms with E-state index in [0.29, 0.717) is 25.9 Å².